The molecular formula is C22H21Cl2NO5. The molecule has 0 saturated carbocycles. The summed E-state index contributed by atoms with van der Waals surface area (Å²) in [6.45, 7) is 2.19. The minimum Gasteiger partial charge on any atom is -0.507 e. The van der Waals surface area contributed by atoms with Crippen molar-refractivity contribution in [1.82, 2.24) is 4.90 Å². The Bertz CT molecular complexity index is 1030. The Labute approximate surface area is 184 Å². The van der Waals surface area contributed by atoms with Gasteiger partial charge >= 0.3 is 0 Å². The molecule has 1 fully saturated rings. The van der Waals surface area contributed by atoms with Crippen LogP contribution in [-0.2, 0) is 14.3 Å². The molecule has 1 amide bonds. The van der Waals surface area contributed by atoms with Crippen molar-refractivity contribution in [3.63, 3.8) is 0 Å². The normalized spacial score (nSPS) is 18.2. The number of halogens is 2. The number of hydrogen-bond acceptors (Lipinski definition) is 5. The highest BCUT2D eigenvalue weighted by molar-refractivity contribution is 6.47. The van der Waals surface area contributed by atoms with Gasteiger partial charge in [0.2, 0.25) is 0 Å². The van der Waals surface area contributed by atoms with Gasteiger partial charge < -0.3 is 19.5 Å². The molecule has 30 heavy (non-hydrogen) atoms. The van der Waals surface area contributed by atoms with Crippen LogP contribution in [0.3, 0.4) is 0 Å². The number of aryl methyl sites for hydroxylation is 1. The van der Waals surface area contributed by atoms with Gasteiger partial charge in [-0.2, -0.15) is 0 Å². The maximum atomic E-state index is 12.9. The number of methoxy groups -OCH3 is 2. The van der Waals surface area contributed by atoms with E-state index in [4.69, 9.17) is 32.7 Å². The summed E-state index contributed by atoms with van der Waals surface area (Å²) in [5, 5.41) is 11.8. The van der Waals surface area contributed by atoms with E-state index in [-0.39, 0.29) is 29.5 Å². The summed E-state index contributed by atoms with van der Waals surface area (Å²) < 4.78 is 10.3. The first-order valence-electron chi connectivity index (χ1n) is 9.17. The zero-order valence-electron chi connectivity index (χ0n) is 16.7. The lowest BCUT2D eigenvalue weighted by molar-refractivity contribution is -0.140. The molecule has 8 heteroatoms. The number of ketones is 1. The van der Waals surface area contributed by atoms with Gasteiger partial charge in [-0.15, -0.1) is 0 Å². The van der Waals surface area contributed by atoms with E-state index < -0.39 is 17.7 Å². The molecule has 1 saturated heterocycles. The lowest BCUT2D eigenvalue weighted by Crippen LogP contribution is -2.32. The summed E-state index contributed by atoms with van der Waals surface area (Å²) in [4.78, 5) is 27.0. The standard InChI is InChI=1S/C22H21Cl2NO5/c1-12-10-13(4-7-17(12)30-3)20(26)18-19(15-6-5-14(23)11-16(15)24)25(8-9-29-2)22(28)21(18)27/h4-7,10-11,19,26H,8-9H2,1-3H3. The maximum Gasteiger partial charge on any atom is 0.295 e. The van der Waals surface area contributed by atoms with E-state index in [9.17, 15) is 14.7 Å². The summed E-state index contributed by atoms with van der Waals surface area (Å²) in [6, 6.07) is 8.95. The third-order valence-corrected chi connectivity index (χ3v) is 5.56. The minimum absolute atomic E-state index is 0.0371. The summed E-state index contributed by atoms with van der Waals surface area (Å²) in [5.74, 6) is -1.15. The molecule has 6 nitrogen and oxygen atoms in total. The Balaban J connectivity index is 2.20. The predicted molar refractivity (Wildman–Crippen MR) is 115 cm³/mol. The highest BCUT2D eigenvalue weighted by Crippen LogP contribution is 2.42. The lowest BCUT2D eigenvalue weighted by atomic mass is 9.94. The number of benzene rings is 2. The van der Waals surface area contributed by atoms with Gasteiger partial charge in [0.1, 0.15) is 11.5 Å². The van der Waals surface area contributed by atoms with Crippen molar-refractivity contribution in [3.05, 3.63) is 68.7 Å². The van der Waals surface area contributed by atoms with Gasteiger partial charge in [-0.1, -0.05) is 29.3 Å². The SMILES string of the molecule is COCCN1C(=O)C(=O)C(=C(O)c2ccc(OC)c(C)c2)C1c1ccc(Cl)cc1Cl. The molecule has 1 aliphatic rings. The highest BCUT2D eigenvalue weighted by Gasteiger charge is 2.46. The number of carbonyl (C=O) groups excluding carboxylic acids is 2. The van der Waals surface area contributed by atoms with Crippen molar-refractivity contribution in [2.24, 2.45) is 0 Å². The number of aliphatic hydroxyl groups excluding tert-OH is 1. The molecule has 0 bridgehead atoms. The van der Waals surface area contributed by atoms with Crippen LogP contribution in [-0.4, -0.2) is 49.1 Å². The van der Waals surface area contributed by atoms with E-state index >= 15 is 0 Å². The van der Waals surface area contributed by atoms with Crippen LogP contribution in [0.2, 0.25) is 10.0 Å². The largest absolute Gasteiger partial charge is 0.507 e. The molecule has 1 N–H and O–H groups in total. The summed E-state index contributed by atoms with van der Waals surface area (Å²) in [6.07, 6.45) is 0. The second-order valence-corrected chi connectivity index (χ2v) is 7.68. The van der Waals surface area contributed by atoms with E-state index in [1.807, 2.05) is 6.92 Å². The van der Waals surface area contributed by atoms with E-state index in [0.29, 0.717) is 21.9 Å². The second-order valence-electron chi connectivity index (χ2n) is 6.84. The molecule has 0 aromatic heterocycles. The fourth-order valence-electron chi connectivity index (χ4n) is 3.53. The highest BCUT2D eigenvalue weighted by atomic mass is 35.5. The smallest absolute Gasteiger partial charge is 0.295 e. The number of Topliss-reactive ketones (excluding diaryl/α,β-unsaturated/α-hetero) is 1. The van der Waals surface area contributed by atoms with Gasteiger partial charge in [0.05, 0.1) is 25.3 Å². The Morgan fingerprint density at radius 2 is 1.87 bits per heavy atom. The molecule has 1 heterocycles. The van der Waals surface area contributed by atoms with Crippen molar-refractivity contribution in [2.45, 2.75) is 13.0 Å². The first kappa shape index (κ1) is 22.2. The first-order chi connectivity index (χ1) is 14.3. The number of nitrogens with zero attached hydrogens (tertiary/aromatic N) is 1. The number of aliphatic hydroxyl groups is 1. The van der Waals surface area contributed by atoms with Crippen LogP contribution in [0.4, 0.5) is 0 Å². The summed E-state index contributed by atoms with van der Waals surface area (Å²) in [7, 11) is 3.05. The Kier molecular flexibility index (Phi) is 6.71. The fraction of sp³-hybridized carbons (Fsp3) is 0.273. The number of ether oxygens (including phenoxy) is 2. The Morgan fingerprint density at radius 1 is 1.13 bits per heavy atom. The Morgan fingerprint density at radius 3 is 2.47 bits per heavy atom. The molecule has 0 spiro atoms. The number of amides is 1. The molecule has 1 unspecified atom stereocenters. The van der Waals surface area contributed by atoms with Gasteiger partial charge in [-0.05, 0) is 48.4 Å². The molecule has 1 aliphatic heterocycles. The molecule has 0 radical (unpaired) electrons. The van der Waals surface area contributed by atoms with Crippen molar-refractivity contribution >= 4 is 40.7 Å². The van der Waals surface area contributed by atoms with Crippen LogP contribution in [0.5, 0.6) is 5.75 Å². The van der Waals surface area contributed by atoms with E-state index in [0.717, 1.165) is 5.56 Å². The first-order valence-corrected chi connectivity index (χ1v) is 9.93. The van der Waals surface area contributed by atoms with Crippen LogP contribution < -0.4 is 4.74 Å². The molecule has 2 aromatic carbocycles. The molecule has 1 atom stereocenters. The van der Waals surface area contributed by atoms with E-state index in [1.165, 1.54) is 18.1 Å². The fourth-order valence-corrected chi connectivity index (χ4v) is 4.04. The van der Waals surface area contributed by atoms with Gasteiger partial charge in [0.15, 0.2) is 0 Å². The van der Waals surface area contributed by atoms with Crippen molar-refractivity contribution in [1.29, 1.82) is 0 Å². The zero-order chi connectivity index (χ0) is 22.0. The molecule has 0 aliphatic carbocycles. The Hall–Kier alpha value is -2.54. The third kappa shape index (κ3) is 4.03. The van der Waals surface area contributed by atoms with Crippen LogP contribution in [0.1, 0.15) is 22.7 Å². The van der Waals surface area contributed by atoms with Gasteiger partial charge in [-0.25, -0.2) is 0 Å². The third-order valence-electron chi connectivity index (χ3n) is 5.00. The van der Waals surface area contributed by atoms with Crippen LogP contribution in [0.15, 0.2) is 42.0 Å². The number of rotatable bonds is 6. The monoisotopic (exact) mass is 449 g/mol. The average Bonchev–Trinajstić information content (AvgIpc) is 2.96. The average molecular weight is 450 g/mol. The zero-order valence-corrected chi connectivity index (χ0v) is 18.3. The maximum absolute atomic E-state index is 12.9. The topological polar surface area (TPSA) is 76.1 Å². The molecule has 3 rings (SSSR count). The molecule has 158 valence electrons. The van der Waals surface area contributed by atoms with Crippen LogP contribution in [0, 0.1) is 6.92 Å². The van der Waals surface area contributed by atoms with E-state index in [1.54, 1.807) is 37.4 Å². The van der Waals surface area contributed by atoms with E-state index in [2.05, 4.69) is 0 Å². The number of hydrogen-bond donors (Lipinski definition) is 1. The summed E-state index contributed by atoms with van der Waals surface area (Å²) >= 11 is 12.4. The van der Waals surface area contributed by atoms with Crippen molar-refractivity contribution < 1.29 is 24.2 Å². The van der Waals surface area contributed by atoms with Gasteiger partial charge in [-0.3, -0.25) is 9.59 Å². The number of likely N-dealkylation sites (tertiary alicyclic amines) is 1. The van der Waals surface area contributed by atoms with Crippen LogP contribution >= 0.6 is 23.2 Å². The second kappa shape index (κ2) is 9.08. The van der Waals surface area contributed by atoms with Gasteiger partial charge in [0.25, 0.3) is 11.7 Å². The van der Waals surface area contributed by atoms with Crippen molar-refractivity contribution in [3.8, 4) is 5.75 Å². The quantitative estimate of drug-likeness (QED) is 0.402. The predicted octanol–water partition coefficient (Wildman–Crippen LogP) is 4.38. The molecule has 2 aromatic rings. The summed E-state index contributed by atoms with van der Waals surface area (Å²) in [5.41, 5.74) is 1.62. The van der Waals surface area contributed by atoms with Crippen LogP contribution in [0.25, 0.3) is 5.76 Å². The van der Waals surface area contributed by atoms with Crippen molar-refractivity contribution in [2.75, 3.05) is 27.4 Å². The van der Waals surface area contributed by atoms with Gasteiger partial charge in [0, 0.05) is 29.3 Å². The number of carbonyl (C=O) groups is 2. The minimum atomic E-state index is -0.868. The lowest BCUT2D eigenvalue weighted by Gasteiger charge is -2.26. The molecular weight excluding hydrogens is 429 g/mol.